The van der Waals surface area contributed by atoms with Gasteiger partial charge in [0.1, 0.15) is 11.5 Å². The van der Waals surface area contributed by atoms with Crippen LogP contribution in [-0.2, 0) is 16.1 Å². The molecule has 7 heteroatoms. The Morgan fingerprint density at radius 2 is 1.89 bits per heavy atom. The summed E-state index contributed by atoms with van der Waals surface area (Å²) in [5.41, 5.74) is 5.00. The molecule has 1 N–H and O–H groups in total. The van der Waals surface area contributed by atoms with Gasteiger partial charge in [0.05, 0.1) is 6.61 Å². The Kier molecular flexibility index (Phi) is 7.05. The molecule has 0 saturated heterocycles. The van der Waals surface area contributed by atoms with Crippen LogP contribution in [0.3, 0.4) is 0 Å². The molecule has 3 aromatic rings. The van der Waals surface area contributed by atoms with Crippen LogP contribution in [0.4, 0.5) is 4.39 Å². The van der Waals surface area contributed by atoms with Crippen molar-refractivity contribution < 1.29 is 18.7 Å². The molecule has 1 unspecified atom stereocenters. The van der Waals surface area contributed by atoms with E-state index in [-0.39, 0.29) is 41.8 Å². The molecule has 1 amide bonds. The highest BCUT2D eigenvalue weighted by Crippen LogP contribution is 2.39. The molecule has 0 saturated carbocycles. The number of carbonyl (C=O) groups excluding carboxylic acids is 2. The maximum absolute atomic E-state index is 13.5. The number of fused-ring (bicyclic) bond motifs is 1. The Bertz CT molecular complexity index is 1320. The zero-order valence-electron chi connectivity index (χ0n) is 20.3. The number of nitrogens with one attached hydrogen (secondary N) is 1. The minimum atomic E-state index is -0.347. The van der Waals surface area contributed by atoms with Gasteiger partial charge in [-0.15, -0.1) is 0 Å². The molecular weight excluding hydrogens is 445 g/mol. The molecular formula is C28H28FN3O3. The molecule has 6 nitrogen and oxygen atoms in total. The van der Waals surface area contributed by atoms with Crippen LogP contribution >= 0.6 is 0 Å². The zero-order valence-corrected chi connectivity index (χ0v) is 20.3. The number of hydrogen-bond acceptors (Lipinski definition) is 5. The largest absolute Gasteiger partial charge is 0.463 e. The third kappa shape index (κ3) is 5.14. The van der Waals surface area contributed by atoms with Gasteiger partial charge in [-0.3, -0.25) is 4.79 Å². The standard InChI is InChI=1S/C28H28FN3O3/c1-5-35-28(34)23-14-21-13-20(7-8-22(21)17(3)18(23)4)26-30-11-10-25(32-26)27(33)31-15-19-6-9-24(29)16(2)12-19/h6-14,17-18H,5,15H2,1-4H3,(H,31,33)/t17-,18?/m0/s1. The van der Waals surface area contributed by atoms with Gasteiger partial charge in [-0.1, -0.05) is 38.1 Å². The van der Waals surface area contributed by atoms with Gasteiger partial charge in [-0.2, -0.15) is 0 Å². The van der Waals surface area contributed by atoms with Crippen molar-refractivity contribution in [3.63, 3.8) is 0 Å². The van der Waals surface area contributed by atoms with Crippen molar-refractivity contribution in [2.45, 2.75) is 40.2 Å². The predicted molar refractivity (Wildman–Crippen MR) is 132 cm³/mol. The first-order chi connectivity index (χ1) is 16.8. The molecule has 35 heavy (non-hydrogen) atoms. The van der Waals surface area contributed by atoms with E-state index in [1.54, 1.807) is 38.2 Å². The number of aromatic nitrogens is 2. The van der Waals surface area contributed by atoms with Crippen LogP contribution in [0.1, 0.15) is 59.4 Å². The average molecular weight is 474 g/mol. The summed E-state index contributed by atoms with van der Waals surface area (Å²) in [6, 6.07) is 12.2. The fraction of sp³-hybridized carbons (Fsp3) is 0.286. The van der Waals surface area contributed by atoms with Gasteiger partial charge in [-0.25, -0.2) is 19.2 Å². The highest BCUT2D eigenvalue weighted by molar-refractivity contribution is 5.96. The molecule has 0 spiro atoms. The van der Waals surface area contributed by atoms with Gasteiger partial charge in [0.2, 0.25) is 0 Å². The maximum Gasteiger partial charge on any atom is 0.334 e. The van der Waals surface area contributed by atoms with Crippen LogP contribution in [0.25, 0.3) is 17.5 Å². The molecule has 0 radical (unpaired) electrons. The molecule has 0 aliphatic heterocycles. The first-order valence-electron chi connectivity index (χ1n) is 11.7. The van der Waals surface area contributed by atoms with Crippen LogP contribution in [0, 0.1) is 18.7 Å². The number of benzene rings is 2. The van der Waals surface area contributed by atoms with E-state index in [0.29, 0.717) is 23.6 Å². The summed E-state index contributed by atoms with van der Waals surface area (Å²) in [4.78, 5) is 34.0. The smallest absolute Gasteiger partial charge is 0.334 e. The molecule has 0 fully saturated rings. The molecule has 2 aromatic carbocycles. The summed E-state index contributed by atoms with van der Waals surface area (Å²) < 4.78 is 18.7. The normalized spacial score (nSPS) is 16.8. The van der Waals surface area contributed by atoms with Crippen LogP contribution in [0.15, 0.2) is 54.2 Å². The molecule has 1 aliphatic carbocycles. The number of hydrogen-bond donors (Lipinski definition) is 1. The van der Waals surface area contributed by atoms with Gasteiger partial charge in [0.15, 0.2) is 5.82 Å². The monoisotopic (exact) mass is 473 g/mol. The van der Waals surface area contributed by atoms with E-state index in [2.05, 4.69) is 22.2 Å². The highest BCUT2D eigenvalue weighted by atomic mass is 19.1. The quantitative estimate of drug-likeness (QED) is 0.497. The lowest BCUT2D eigenvalue weighted by atomic mass is 9.76. The first-order valence-corrected chi connectivity index (χ1v) is 11.7. The van der Waals surface area contributed by atoms with E-state index < -0.39 is 0 Å². The molecule has 180 valence electrons. The summed E-state index contributed by atoms with van der Waals surface area (Å²) in [5.74, 6) is -0.319. The third-order valence-electron chi connectivity index (χ3n) is 6.46. The van der Waals surface area contributed by atoms with E-state index in [0.717, 1.165) is 22.3 Å². The van der Waals surface area contributed by atoms with Gasteiger partial charge in [0, 0.05) is 23.9 Å². The summed E-state index contributed by atoms with van der Waals surface area (Å²) >= 11 is 0. The number of rotatable bonds is 6. The Labute approximate surface area is 204 Å². The van der Waals surface area contributed by atoms with Gasteiger partial charge in [-0.05, 0) is 72.2 Å². The van der Waals surface area contributed by atoms with Crippen molar-refractivity contribution in [2.75, 3.05) is 6.61 Å². The number of carbonyl (C=O) groups is 2. The van der Waals surface area contributed by atoms with Crippen LogP contribution < -0.4 is 5.32 Å². The summed E-state index contributed by atoms with van der Waals surface area (Å²) in [6.45, 7) is 8.19. The number of ether oxygens (including phenoxy) is 1. The second-order valence-corrected chi connectivity index (χ2v) is 8.77. The Balaban J connectivity index is 1.57. The molecule has 4 rings (SSSR count). The zero-order chi connectivity index (χ0) is 25.1. The van der Waals surface area contributed by atoms with Crippen molar-refractivity contribution in [1.29, 1.82) is 0 Å². The van der Waals surface area contributed by atoms with E-state index in [1.807, 2.05) is 31.2 Å². The van der Waals surface area contributed by atoms with Gasteiger partial charge < -0.3 is 10.1 Å². The molecule has 1 aromatic heterocycles. The minimum Gasteiger partial charge on any atom is -0.463 e. The minimum absolute atomic E-state index is 0.0422. The highest BCUT2D eigenvalue weighted by Gasteiger charge is 2.30. The van der Waals surface area contributed by atoms with Crippen molar-refractivity contribution in [2.24, 2.45) is 5.92 Å². The van der Waals surface area contributed by atoms with Crippen molar-refractivity contribution in [3.8, 4) is 11.4 Å². The Morgan fingerprint density at radius 3 is 2.63 bits per heavy atom. The fourth-order valence-electron chi connectivity index (χ4n) is 4.26. The Hall–Kier alpha value is -3.87. The van der Waals surface area contributed by atoms with Gasteiger partial charge >= 0.3 is 5.97 Å². The number of amides is 1. The average Bonchev–Trinajstić information content (AvgIpc) is 2.86. The van der Waals surface area contributed by atoms with E-state index in [1.165, 1.54) is 6.07 Å². The SMILES string of the molecule is CCOC(=O)C1=Cc2cc(-c3nccc(C(=O)NCc4ccc(F)c(C)c4)n3)ccc2[C@@H](C)C1C. The summed E-state index contributed by atoms with van der Waals surface area (Å²) in [6.07, 6.45) is 3.42. The second kappa shape index (κ2) is 10.2. The predicted octanol–water partition coefficient (Wildman–Crippen LogP) is 5.22. The number of esters is 1. The number of aryl methyl sites for hydroxylation is 1. The van der Waals surface area contributed by atoms with Gasteiger partial charge in [0.25, 0.3) is 5.91 Å². The lowest BCUT2D eigenvalue weighted by molar-refractivity contribution is -0.139. The van der Waals surface area contributed by atoms with E-state index in [9.17, 15) is 14.0 Å². The summed E-state index contributed by atoms with van der Waals surface area (Å²) in [7, 11) is 0. The lowest BCUT2D eigenvalue weighted by Gasteiger charge is -2.28. The van der Waals surface area contributed by atoms with E-state index >= 15 is 0 Å². The molecule has 0 bridgehead atoms. The van der Waals surface area contributed by atoms with Crippen molar-refractivity contribution in [1.82, 2.24) is 15.3 Å². The molecule has 1 aliphatic rings. The van der Waals surface area contributed by atoms with Crippen molar-refractivity contribution in [3.05, 3.63) is 88.0 Å². The molecule has 2 atom stereocenters. The number of nitrogens with zero attached hydrogens (tertiary/aromatic N) is 2. The third-order valence-corrected chi connectivity index (χ3v) is 6.46. The topological polar surface area (TPSA) is 81.2 Å². The number of halogens is 1. The second-order valence-electron chi connectivity index (χ2n) is 8.77. The molecule has 1 heterocycles. The summed E-state index contributed by atoms with van der Waals surface area (Å²) in [5, 5.41) is 2.82. The van der Waals surface area contributed by atoms with Crippen molar-refractivity contribution >= 4 is 18.0 Å². The Morgan fingerprint density at radius 1 is 1.09 bits per heavy atom. The van der Waals surface area contributed by atoms with Crippen LogP contribution in [0.2, 0.25) is 0 Å². The van der Waals surface area contributed by atoms with Crippen LogP contribution in [0.5, 0.6) is 0 Å². The first kappa shape index (κ1) is 24.3. The fourth-order valence-corrected chi connectivity index (χ4v) is 4.26. The van der Waals surface area contributed by atoms with Crippen LogP contribution in [-0.4, -0.2) is 28.5 Å². The van der Waals surface area contributed by atoms with E-state index in [4.69, 9.17) is 4.74 Å². The maximum atomic E-state index is 13.5. The lowest BCUT2D eigenvalue weighted by Crippen LogP contribution is -2.24.